The summed E-state index contributed by atoms with van der Waals surface area (Å²) in [5.41, 5.74) is 5.29. The quantitative estimate of drug-likeness (QED) is 0.255. The van der Waals surface area contributed by atoms with Crippen LogP contribution in [0.5, 0.6) is 0 Å². The van der Waals surface area contributed by atoms with Crippen molar-refractivity contribution in [3.63, 3.8) is 0 Å². The van der Waals surface area contributed by atoms with Crippen LogP contribution in [0.1, 0.15) is 6.85 Å². The minimum absolute atomic E-state index is 0.193. The molecule has 150 valence electrons. The van der Waals surface area contributed by atoms with Crippen LogP contribution >= 0.6 is 0 Å². The lowest BCUT2D eigenvalue weighted by atomic mass is 9.86. The van der Waals surface area contributed by atoms with Gasteiger partial charge in [0, 0.05) is 0 Å². The monoisotopic (exact) mass is 411 g/mol. The van der Waals surface area contributed by atoms with E-state index in [0.29, 0.717) is 5.56 Å². The van der Waals surface area contributed by atoms with E-state index in [9.17, 15) is 0 Å². The zero-order valence-electron chi connectivity index (χ0n) is 22.3. The molecule has 0 aliphatic heterocycles. The summed E-state index contributed by atoms with van der Waals surface area (Å²) in [6.45, 7) is 0. The highest BCUT2D eigenvalue weighted by molar-refractivity contribution is 6.21. The van der Waals surface area contributed by atoms with Crippen molar-refractivity contribution >= 4 is 21.5 Å². The first-order valence-electron chi connectivity index (χ1n) is 13.1. The molecule has 0 N–H and O–H groups in total. The molecule has 0 saturated carbocycles. The zero-order valence-corrected chi connectivity index (χ0v) is 17.3. The van der Waals surface area contributed by atoms with Gasteiger partial charge in [-0.2, -0.15) is 0 Å². The molecule has 6 aromatic carbocycles. The Morgan fingerprint density at radius 2 is 0.750 bits per heavy atom. The van der Waals surface area contributed by atoms with Crippen molar-refractivity contribution in [1.29, 1.82) is 0 Å². The van der Waals surface area contributed by atoms with Gasteiger partial charge in [-0.15, -0.1) is 0 Å². The first kappa shape index (κ1) is 14.0. The summed E-state index contributed by atoms with van der Waals surface area (Å²) in [5.74, 6) is 0. The van der Waals surface area contributed by atoms with Gasteiger partial charge in [0.05, 0.1) is 6.85 Å². The van der Waals surface area contributed by atoms with E-state index >= 15 is 0 Å². The van der Waals surface area contributed by atoms with Crippen LogP contribution in [0, 0.1) is 0 Å². The second-order valence-corrected chi connectivity index (χ2v) is 7.78. The van der Waals surface area contributed by atoms with E-state index in [1.165, 1.54) is 5.56 Å². The van der Waals surface area contributed by atoms with Gasteiger partial charge in [0.1, 0.15) is 0 Å². The fraction of sp³-hybridized carbons (Fsp3) is 0. The normalized spacial score (nSPS) is 13.3. The van der Waals surface area contributed by atoms with Crippen LogP contribution in [0.25, 0.3) is 54.9 Å². The third-order valence-corrected chi connectivity index (χ3v) is 5.96. The third kappa shape index (κ3) is 3.09. The van der Waals surface area contributed by atoms with Gasteiger partial charge in [0.25, 0.3) is 0 Å². The highest BCUT2D eigenvalue weighted by atomic mass is 14.2. The summed E-state index contributed by atoms with van der Waals surface area (Å²) >= 11 is 0. The Morgan fingerprint density at radius 1 is 0.344 bits per heavy atom. The van der Waals surface area contributed by atoms with Crippen molar-refractivity contribution in [2.24, 2.45) is 0 Å². The molecule has 6 rings (SSSR count). The molecule has 0 amide bonds. The predicted octanol–water partition coefficient (Wildman–Crippen LogP) is 8.99. The largest absolute Gasteiger partial charge is 0.0629 e. The van der Waals surface area contributed by atoms with Gasteiger partial charge in [-0.05, 0) is 54.9 Å². The average molecular weight is 412 g/mol. The molecule has 0 heterocycles. The van der Waals surface area contributed by atoms with E-state index in [4.69, 9.17) is 6.85 Å². The first-order valence-corrected chi connectivity index (χ1v) is 10.6. The molecule has 0 nitrogen and oxygen atoms in total. The maximum absolute atomic E-state index is 8.34. The van der Waals surface area contributed by atoms with Gasteiger partial charge in [0.2, 0.25) is 0 Å². The van der Waals surface area contributed by atoms with Crippen molar-refractivity contribution in [3.8, 4) is 33.4 Å². The molecule has 0 aliphatic rings. The Balaban J connectivity index is 1.61. The number of hydrogen-bond donors (Lipinski definition) is 0. The molecule has 32 heavy (non-hydrogen) atoms. The number of hydrogen-bond acceptors (Lipinski definition) is 0. The second kappa shape index (κ2) is 7.83. The molecular weight excluding hydrogens is 384 g/mol. The van der Waals surface area contributed by atoms with E-state index in [0.717, 1.165) is 38.2 Å². The highest BCUT2D eigenvalue weighted by Gasteiger charge is 2.16. The summed E-state index contributed by atoms with van der Waals surface area (Å²) in [5, 5.41) is 4.60. The fourth-order valence-corrected chi connectivity index (χ4v) is 4.55. The smallest absolute Gasteiger partial charge is 0.0622 e. The summed E-state index contributed by atoms with van der Waals surface area (Å²) in [6, 6.07) is 33.5. The SMILES string of the molecule is [2H]c1c([2H])c([2H])c(-c2ccc(-c3c4ccccc4c(-c4ccccc4)c4ccccc34)cc2)c([2H])c1[2H]. The van der Waals surface area contributed by atoms with E-state index in [1.807, 2.05) is 30.3 Å². The third-order valence-electron chi connectivity index (χ3n) is 5.96. The Morgan fingerprint density at radius 3 is 1.25 bits per heavy atom. The van der Waals surface area contributed by atoms with Crippen LogP contribution < -0.4 is 0 Å². The minimum atomic E-state index is -0.383. The van der Waals surface area contributed by atoms with Crippen molar-refractivity contribution in [2.75, 3.05) is 0 Å². The van der Waals surface area contributed by atoms with E-state index in [1.54, 1.807) is 0 Å². The maximum Gasteiger partial charge on any atom is 0.0629 e. The topological polar surface area (TPSA) is 0 Å². The van der Waals surface area contributed by atoms with Gasteiger partial charge in [-0.3, -0.25) is 0 Å². The summed E-state index contributed by atoms with van der Waals surface area (Å²) in [4.78, 5) is 0. The summed E-state index contributed by atoms with van der Waals surface area (Å²) < 4.78 is 40.6. The fourth-order valence-electron chi connectivity index (χ4n) is 4.55. The lowest BCUT2D eigenvalue weighted by molar-refractivity contribution is 1.61. The van der Waals surface area contributed by atoms with E-state index in [2.05, 4.69) is 72.8 Å². The number of benzene rings is 6. The Bertz CT molecular complexity index is 1720. The molecule has 0 aromatic heterocycles. The van der Waals surface area contributed by atoms with Gasteiger partial charge in [0.15, 0.2) is 0 Å². The van der Waals surface area contributed by atoms with Crippen LogP contribution in [-0.2, 0) is 0 Å². The molecule has 0 spiro atoms. The van der Waals surface area contributed by atoms with Gasteiger partial charge in [-0.1, -0.05) is 133 Å². The molecule has 0 atom stereocenters. The predicted molar refractivity (Wildman–Crippen MR) is 138 cm³/mol. The molecule has 0 fully saturated rings. The molecule has 6 aromatic rings. The molecule has 0 radical (unpaired) electrons. The lowest BCUT2D eigenvalue weighted by Crippen LogP contribution is -1.90. The maximum atomic E-state index is 8.34. The van der Waals surface area contributed by atoms with Crippen LogP contribution in [0.15, 0.2) is 133 Å². The standard InChI is InChI=1S/C32H22/c1-3-11-23(12-4-1)24-19-21-26(22-20-24)32-29-17-9-7-15-27(29)31(25-13-5-2-6-14-25)28-16-8-10-18-30(28)32/h1-22H/i1D,3D,4D,11D,12D. The van der Waals surface area contributed by atoms with Crippen LogP contribution in [0.3, 0.4) is 0 Å². The van der Waals surface area contributed by atoms with Gasteiger partial charge in [-0.25, -0.2) is 0 Å². The second-order valence-electron chi connectivity index (χ2n) is 7.78. The molecule has 0 unspecified atom stereocenters. The van der Waals surface area contributed by atoms with Crippen molar-refractivity contribution in [3.05, 3.63) is 133 Å². The van der Waals surface area contributed by atoms with Crippen LogP contribution in [-0.4, -0.2) is 0 Å². The molecule has 0 heteroatoms. The Labute approximate surface area is 195 Å². The van der Waals surface area contributed by atoms with Gasteiger partial charge >= 0.3 is 0 Å². The highest BCUT2D eigenvalue weighted by Crippen LogP contribution is 2.43. The number of fused-ring (bicyclic) bond motifs is 2. The average Bonchev–Trinajstić information content (AvgIpc) is 2.94. The van der Waals surface area contributed by atoms with E-state index in [-0.39, 0.29) is 35.8 Å². The Hall–Kier alpha value is -4.16. The van der Waals surface area contributed by atoms with Crippen LogP contribution in [0.2, 0.25) is 0 Å². The van der Waals surface area contributed by atoms with Crippen molar-refractivity contribution < 1.29 is 6.85 Å². The minimum Gasteiger partial charge on any atom is -0.0622 e. The molecular formula is C32H22. The molecule has 0 saturated heterocycles. The van der Waals surface area contributed by atoms with E-state index < -0.39 is 0 Å². The van der Waals surface area contributed by atoms with Gasteiger partial charge < -0.3 is 0 Å². The summed E-state index contributed by atoms with van der Waals surface area (Å²) in [6.07, 6.45) is 0. The zero-order chi connectivity index (χ0) is 25.7. The first-order chi connectivity index (χ1) is 18.0. The number of rotatable bonds is 3. The van der Waals surface area contributed by atoms with Crippen molar-refractivity contribution in [1.82, 2.24) is 0 Å². The molecule has 0 bridgehead atoms. The lowest BCUT2D eigenvalue weighted by Gasteiger charge is -2.18. The summed E-state index contributed by atoms with van der Waals surface area (Å²) in [7, 11) is 0. The molecule has 0 aliphatic carbocycles. The van der Waals surface area contributed by atoms with Crippen LogP contribution in [0.4, 0.5) is 0 Å². The Kier molecular flexibility index (Phi) is 3.43. The van der Waals surface area contributed by atoms with Crippen molar-refractivity contribution in [2.45, 2.75) is 0 Å².